The van der Waals surface area contributed by atoms with Crippen molar-refractivity contribution in [3.8, 4) is 0 Å². The van der Waals surface area contributed by atoms with Gasteiger partial charge in [-0.25, -0.2) is 0 Å². The zero-order valence-corrected chi connectivity index (χ0v) is 11.0. The van der Waals surface area contributed by atoms with Gasteiger partial charge in [0.2, 0.25) is 0 Å². The smallest absolute Gasteiger partial charge is 0.312 e. The highest BCUT2D eigenvalue weighted by atomic mass is 16.6. The predicted molar refractivity (Wildman–Crippen MR) is 64.7 cm³/mol. The molecule has 2 saturated heterocycles. The van der Waals surface area contributed by atoms with E-state index in [1.807, 2.05) is 20.8 Å². The average Bonchev–Trinajstić information content (AvgIpc) is 2.26. The minimum absolute atomic E-state index is 0.00681. The van der Waals surface area contributed by atoms with Crippen LogP contribution in [0.25, 0.3) is 0 Å². The van der Waals surface area contributed by atoms with Gasteiger partial charge in [0, 0.05) is 12.6 Å². The maximum absolute atomic E-state index is 12.1. The van der Waals surface area contributed by atoms with Crippen LogP contribution in [-0.2, 0) is 14.3 Å². The molecule has 2 aliphatic rings. The number of carbonyl (C=O) groups excluding carboxylic acids is 1. The van der Waals surface area contributed by atoms with Gasteiger partial charge in [-0.1, -0.05) is 0 Å². The number of ether oxygens (including phenoxy) is 2. The molecule has 2 heterocycles. The van der Waals surface area contributed by atoms with Crippen molar-refractivity contribution < 1.29 is 14.3 Å². The SMILES string of the molecule is CC(C)(C)OC(=O)[C@H]1CCN[C@@H]2CCCO[C@@H]12. The first-order valence-electron chi connectivity index (χ1n) is 6.55. The Kier molecular flexibility index (Phi) is 3.73. The number of hydrogen-bond donors (Lipinski definition) is 1. The summed E-state index contributed by atoms with van der Waals surface area (Å²) in [5, 5.41) is 3.44. The van der Waals surface area contributed by atoms with Gasteiger partial charge in [0.25, 0.3) is 0 Å². The van der Waals surface area contributed by atoms with Crippen LogP contribution < -0.4 is 5.32 Å². The van der Waals surface area contributed by atoms with Crippen molar-refractivity contribution in [3.05, 3.63) is 0 Å². The highest BCUT2D eigenvalue weighted by Gasteiger charge is 2.41. The summed E-state index contributed by atoms with van der Waals surface area (Å²) < 4.78 is 11.2. The first kappa shape index (κ1) is 12.8. The molecule has 0 aromatic carbocycles. The largest absolute Gasteiger partial charge is 0.460 e. The molecule has 1 N–H and O–H groups in total. The second-order valence-electron chi connectivity index (χ2n) is 5.97. The lowest BCUT2D eigenvalue weighted by Gasteiger charge is -2.41. The van der Waals surface area contributed by atoms with Crippen LogP contribution >= 0.6 is 0 Å². The van der Waals surface area contributed by atoms with Crippen molar-refractivity contribution in [2.75, 3.05) is 13.2 Å². The van der Waals surface area contributed by atoms with Crippen LogP contribution in [0.1, 0.15) is 40.0 Å². The van der Waals surface area contributed by atoms with E-state index < -0.39 is 5.60 Å². The Morgan fingerprint density at radius 3 is 2.82 bits per heavy atom. The predicted octanol–water partition coefficient (Wildman–Crippen LogP) is 1.49. The summed E-state index contributed by atoms with van der Waals surface area (Å²) >= 11 is 0. The Morgan fingerprint density at radius 1 is 1.35 bits per heavy atom. The van der Waals surface area contributed by atoms with Gasteiger partial charge in [0.15, 0.2) is 0 Å². The fraction of sp³-hybridized carbons (Fsp3) is 0.923. The van der Waals surface area contributed by atoms with E-state index in [1.165, 1.54) is 0 Å². The number of rotatable bonds is 1. The summed E-state index contributed by atoms with van der Waals surface area (Å²) in [4.78, 5) is 12.1. The standard InChI is InChI=1S/C13H23NO3/c1-13(2,3)17-12(15)9-6-7-14-10-5-4-8-16-11(9)10/h9-11,14H,4-8H2,1-3H3/t9-,10+,11-/m0/s1. The molecular formula is C13H23NO3. The number of esters is 1. The lowest BCUT2D eigenvalue weighted by Crippen LogP contribution is -2.55. The van der Waals surface area contributed by atoms with E-state index in [-0.39, 0.29) is 18.0 Å². The zero-order chi connectivity index (χ0) is 12.5. The normalized spacial score (nSPS) is 33.9. The number of piperidine rings is 1. The average molecular weight is 241 g/mol. The molecule has 0 bridgehead atoms. The van der Waals surface area contributed by atoms with Crippen LogP contribution in [-0.4, -0.2) is 36.9 Å². The Morgan fingerprint density at radius 2 is 2.12 bits per heavy atom. The number of nitrogens with one attached hydrogen (secondary N) is 1. The van der Waals surface area contributed by atoms with E-state index >= 15 is 0 Å². The molecule has 0 aromatic heterocycles. The Bertz CT molecular complexity index is 283. The van der Waals surface area contributed by atoms with Gasteiger partial charge < -0.3 is 14.8 Å². The molecule has 0 aromatic rings. The summed E-state index contributed by atoms with van der Waals surface area (Å²) in [7, 11) is 0. The highest BCUT2D eigenvalue weighted by molar-refractivity contribution is 5.74. The molecule has 2 fully saturated rings. The number of fused-ring (bicyclic) bond motifs is 1. The molecule has 0 radical (unpaired) electrons. The topological polar surface area (TPSA) is 47.6 Å². The molecule has 0 saturated carbocycles. The Balaban J connectivity index is 2.01. The highest BCUT2D eigenvalue weighted by Crippen LogP contribution is 2.28. The second kappa shape index (κ2) is 4.94. The van der Waals surface area contributed by atoms with E-state index in [1.54, 1.807) is 0 Å². The van der Waals surface area contributed by atoms with E-state index in [9.17, 15) is 4.79 Å². The molecule has 0 aliphatic carbocycles. The van der Waals surface area contributed by atoms with Crippen LogP contribution in [0, 0.1) is 5.92 Å². The van der Waals surface area contributed by atoms with Crippen LogP contribution in [0.4, 0.5) is 0 Å². The molecule has 2 rings (SSSR count). The maximum Gasteiger partial charge on any atom is 0.312 e. The van der Waals surface area contributed by atoms with Crippen LogP contribution in [0.2, 0.25) is 0 Å². The van der Waals surface area contributed by atoms with Crippen LogP contribution in [0.15, 0.2) is 0 Å². The van der Waals surface area contributed by atoms with Gasteiger partial charge in [-0.3, -0.25) is 4.79 Å². The van der Waals surface area contributed by atoms with E-state index in [2.05, 4.69) is 5.32 Å². The first-order chi connectivity index (χ1) is 7.97. The minimum atomic E-state index is -0.411. The molecule has 17 heavy (non-hydrogen) atoms. The summed E-state index contributed by atoms with van der Waals surface area (Å²) in [6, 6.07) is 0.329. The van der Waals surface area contributed by atoms with Gasteiger partial charge >= 0.3 is 5.97 Å². The summed E-state index contributed by atoms with van der Waals surface area (Å²) in [5.74, 6) is -0.198. The monoisotopic (exact) mass is 241 g/mol. The first-order valence-corrected chi connectivity index (χ1v) is 6.55. The molecule has 0 spiro atoms. The van der Waals surface area contributed by atoms with Crippen molar-refractivity contribution in [3.63, 3.8) is 0 Å². The third-order valence-electron chi connectivity index (χ3n) is 3.33. The summed E-state index contributed by atoms with van der Waals surface area (Å²) in [5.41, 5.74) is -0.411. The van der Waals surface area contributed by atoms with Crippen molar-refractivity contribution in [2.45, 2.75) is 57.8 Å². The third kappa shape index (κ3) is 3.19. The van der Waals surface area contributed by atoms with Crippen LogP contribution in [0.5, 0.6) is 0 Å². The van der Waals surface area contributed by atoms with Crippen LogP contribution in [0.3, 0.4) is 0 Å². The Labute approximate surface area is 103 Å². The molecule has 98 valence electrons. The summed E-state index contributed by atoms with van der Waals surface area (Å²) in [6.07, 6.45) is 3.00. The van der Waals surface area contributed by atoms with Gasteiger partial charge in [-0.05, 0) is 46.6 Å². The van der Waals surface area contributed by atoms with Gasteiger partial charge in [0.1, 0.15) is 5.60 Å². The maximum atomic E-state index is 12.1. The lowest BCUT2D eigenvalue weighted by atomic mass is 9.85. The Hall–Kier alpha value is -0.610. The molecule has 3 atom stereocenters. The lowest BCUT2D eigenvalue weighted by molar-refractivity contribution is -0.171. The minimum Gasteiger partial charge on any atom is -0.460 e. The second-order valence-corrected chi connectivity index (χ2v) is 5.97. The van der Waals surface area contributed by atoms with E-state index in [0.29, 0.717) is 6.04 Å². The molecule has 0 unspecified atom stereocenters. The number of carbonyl (C=O) groups is 1. The third-order valence-corrected chi connectivity index (χ3v) is 3.33. The fourth-order valence-corrected chi connectivity index (χ4v) is 2.64. The molecule has 4 nitrogen and oxygen atoms in total. The van der Waals surface area contributed by atoms with Crippen molar-refractivity contribution in [2.24, 2.45) is 5.92 Å². The quantitative estimate of drug-likeness (QED) is 0.707. The summed E-state index contributed by atoms with van der Waals surface area (Å²) in [6.45, 7) is 7.37. The van der Waals surface area contributed by atoms with Crippen molar-refractivity contribution >= 4 is 5.97 Å². The molecule has 4 heteroatoms. The van der Waals surface area contributed by atoms with Crippen molar-refractivity contribution in [1.82, 2.24) is 5.32 Å². The molecule has 2 aliphatic heterocycles. The fourth-order valence-electron chi connectivity index (χ4n) is 2.64. The molecule has 0 amide bonds. The molecular weight excluding hydrogens is 218 g/mol. The van der Waals surface area contributed by atoms with Gasteiger partial charge in [-0.15, -0.1) is 0 Å². The van der Waals surface area contributed by atoms with E-state index in [0.717, 1.165) is 32.4 Å². The van der Waals surface area contributed by atoms with E-state index in [4.69, 9.17) is 9.47 Å². The van der Waals surface area contributed by atoms with Gasteiger partial charge in [0.05, 0.1) is 12.0 Å². The number of hydrogen-bond acceptors (Lipinski definition) is 4. The van der Waals surface area contributed by atoms with Gasteiger partial charge in [-0.2, -0.15) is 0 Å². The zero-order valence-electron chi connectivity index (χ0n) is 11.0. The van der Waals surface area contributed by atoms with Crippen molar-refractivity contribution in [1.29, 1.82) is 0 Å².